The van der Waals surface area contributed by atoms with Crippen molar-refractivity contribution in [3.8, 4) is 0 Å². The number of likely N-dealkylation sites (tertiary alicyclic amines) is 1. The Morgan fingerprint density at radius 1 is 1.33 bits per heavy atom. The summed E-state index contributed by atoms with van der Waals surface area (Å²) in [5.74, 6) is 2.41. The average Bonchev–Trinajstić information content (AvgIpc) is 2.88. The van der Waals surface area contributed by atoms with Gasteiger partial charge >= 0.3 is 0 Å². The minimum atomic E-state index is 0.119. The molecule has 2 aliphatic heterocycles. The molecule has 1 aromatic rings. The molecule has 3 heterocycles. The SMILES string of the molecule is Cc1nc([C@@H]2C[C@H]3CN(C4CCC4)C[C@H]3O2)n[nH]1. The maximum atomic E-state index is 6.15. The van der Waals surface area contributed by atoms with Crippen molar-refractivity contribution in [1.82, 2.24) is 20.1 Å². The number of hydrogen-bond donors (Lipinski definition) is 1. The van der Waals surface area contributed by atoms with Gasteiger partial charge in [-0.05, 0) is 26.2 Å². The quantitative estimate of drug-likeness (QED) is 0.860. The van der Waals surface area contributed by atoms with E-state index in [9.17, 15) is 0 Å². The predicted octanol–water partition coefficient (Wildman–Crippen LogP) is 1.43. The monoisotopic (exact) mass is 248 g/mol. The fourth-order valence-electron chi connectivity index (χ4n) is 3.52. The van der Waals surface area contributed by atoms with Crippen LogP contribution in [0.15, 0.2) is 0 Å². The Morgan fingerprint density at radius 2 is 2.22 bits per heavy atom. The standard InChI is InChI=1S/C13H20N4O/c1-8-14-13(16-15-8)11-5-9-6-17(7-12(9)18-11)10-3-2-4-10/h9-12H,2-7H2,1H3,(H,14,15,16)/t9-,11-,12+/m0/s1. The molecule has 2 saturated heterocycles. The molecular formula is C13H20N4O. The third-order valence-corrected chi connectivity index (χ3v) is 4.76. The highest BCUT2D eigenvalue weighted by atomic mass is 16.5. The molecule has 0 radical (unpaired) electrons. The van der Waals surface area contributed by atoms with Crippen molar-refractivity contribution >= 4 is 0 Å². The zero-order chi connectivity index (χ0) is 12.1. The van der Waals surface area contributed by atoms with E-state index in [0.29, 0.717) is 12.0 Å². The molecule has 1 aromatic heterocycles. The number of nitrogens with one attached hydrogen (secondary N) is 1. The first-order valence-corrected chi connectivity index (χ1v) is 7.08. The molecule has 4 rings (SSSR count). The Hall–Kier alpha value is -0.940. The summed E-state index contributed by atoms with van der Waals surface area (Å²) in [7, 11) is 0. The van der Waals surface area contributed by atoms with E-state index >= 15 is 0 Å². The molecule has 1 aliphatic carbocycles. The third-order valence-electron chi connectivity index (χ3n) is 4.76. The van der Waals surface area contributed by atoms with Crippen molar-refractivity contribution in [2.24, 2.45) is 5.92 Å². The Morgan fingerprint density at radius 3 is 2.83 bits per heavy atom. The summed E-state index contributed by atoms with van der Waals surface area (Å²) in [5, 5.41) is 7.14. The summed E-state index contributed by atoms with van der Waals surface area (Å²) in [6.07, 6.45) is 5.82. The van der Waals surface area contributed by atoms with Crippen molar-refractivity contribution in [3.05, 3.63) is 11.6 Å². The lowest BCUT2D eigenvalue weighted by molar-refractivity contribution is 0.0237. The van der Waals surface area contributed by atoms with E-state index in [0.717, 1.165) is 30.7 Å². The van der Waals surface area contributed by atoms with Crippen molar-refractivity contribution in [2.75, 3.05) is 13.1 Å². The van der Waals surface area contributed by atoms with E-state index in [-0.39, 0.29) is 6.10 Å². The van der Waals surface area contributed by atoms with Crippen LogP contribution >= 0.6 is 0 Å². The first kappa shape index (κ1) is 10.9. The summed E-state index contributed by atoms with van der Waals surface area (Å²) in [6.45, 7) is 4.27. The predicted molar refractivity (Wildman–Crippen MR) is 66.1 cm³/mol. The molecule has 0 amide bonds. The number of aromatic amines is 1. The Bertz CT molecular complexity index is 428. The number of aryl methyl sites for hydroxylation is 1. The molecule has 3 fully saturated rings. The average molecular weight is 248 g/mol. The molecule has 0 bridgehead atoms. The Kier molecular flexibility index (Phi) is 2.45. The number of H-pyrrole nitrogens is 1. The zero-order valence-corrected chi connectivity index (χ0v) is 10.8. The number of fused-ring (bicyclic) bond motifs is 1. The van der Waals surface area contributed by atoms with Crippen LogP contribution in [0, 0.1) is 12.8 Å². The fourth-order valence-corrected chi connectivity index (χ4v) is 3.52. The third kappa shape index (κ3) is 1.68. The molecule has 5 nitrogen and oxygen atoms in total. The van der Waals surface area contributed by atoms with Gasteiger partial charge in [-0.3, -0.25) is 10.00 Å². The molecule has 5 heteroatoms. The lowest BCUT2D eigenvalue weighted by Gasteiger charge is -2.35. The van der Waals surface area contributed by atoms with Crippen LogP contribution in [0.1, 0.15) is 43.4 Å². The highest BCUT2D eigenvalue weighted by Gasteiger charge is 2.45. The van der Waals surface area contributed by atoms with Crippen molar-refractivity contribution in [3.63, 3.8) is 0 Å². The maximum Gasteiger partial charge on any atom is 0.179 e. The molecule has 0 unspecified atom stereocenters. The number of aromatic nitrogens is 3. The lowest BCUT2D eigenvalue weighted by atomic mass is 9.92. The van der Waals surface area contributed by atoms with Gasteiger partial charge in [-0.25, -0.2) is 4.98 Å². The van der Waals surface area contributed by atoms with Crippen molar-refractivity contribution in [1.29, 1.82) is 0 Å². The van der Waals surface area contributed by atoms with Crippen LogP contribution in [-0.2, 0) is 4.74 Å². The van der Waals surface area contributed by atoms with E-state index in [4.69, 9.17) is 4.74 Å². The van der Waals surface area contributed by atoms with Crippen LogP contribution in [0.5, 0.6) is 0 Å². The van der Waals surface area contributed by atoms with Crippen molar-refractivity contribution in [2.45, 2.75) is 50.9 Å². The van der Waals surface area contributed by atoms with Gasteiger partial charge in [-0.15, -0.1) is 0 Å². The van der Waals surface area contributed by atoms with Crippen LogP contribution in [0.3, 0.4) is 0 Å². The Balaban J connectivity index is 1.41. The molecule has 1 N–H and O–H groups in total. The zero-order valence-electron chi connectivity index (χ0n) is 10.8. The van der Waals surface area contributed by atoms with Gasteiger partial charge in [0, 0.05) is 25.0 Å². The van der Waals surface area contributed by atoms with Gasteiger partial charge in [0.2, 0.25) is 0 Å². The van der Waals surface area contributed by atoms with Gasteiger partial charge in [0.25, 0.3) is 0 Å². The second-order valence-electron chi connectivity index (χ2n) is 5.98. The molecule has 3 aliphatic rings. The van der Waals surface area contributed by atoms with Gasteiger partial charge in [-0.2, -0.15) is 5.10 Å². The summed E-state index contributed by atoms with van der Waals surface area (Å²) >= 11 is 0. The topological polar surface area (TPSA) is 54.0 Å². The molecule has 3 atom stereocenters. The Labute approximate surface area is 107 Å². The maximum absolute atomic E-state index is 6.15. The molecule has 0 spiro atoms. The van der Waals surface area contributed by atoms with E-state index < -0.39 is 0 Å². The van der Waals surface area contributed by atoms with E-state index in [2.05, 4.69) is 20.1 Å². The van der Waals surface area contributed by atoms with Crippen LogP contribution in [0.2, 0.25) is 0 Å². The van der Waals surface area contributed by atoms with Gasteiger partial charge in [0.15, 0.2) is 5.82 Å². The summed E-state index contributed by atoms with van der Waals surface area (Å²) in [4.78, 5) is 7.03. The molecule has 0 aromatic carbocycles. The minimum absolute atomic E-state index is 0.119. The summed E-state index contributed by atoms with van der Waals surface area (Å²) in [5.41, 5.74) is 0. The number of ether oxygens (including phenoxy) is 1. The largest absolute Gasteiger partial charge is 0.365 e. The molecule has 1 saturated carbocycles. The molecular weight excluding hydrogens is 228 g/mol. The number of rotatable bonds is 2. The number of nitrogens with zero attached hydrogens (tertiary/aromatic N) is 3. The highest BCUT2D eigenvalue weighted by Crippen LogP contribution is 2.42. The smallest absolute Gasteiger partial charge is 0.179 e. The van der Waals surface area contributed by atoms with Crippen LogP contribution < -0.4 is 0 Å². The lowest BCUT2D eigenvalue weighted by Crippen LogP contribution is -2.39. The van der Waals surface area contributed by atoms with Crippen LogP contribution in [-0.4, -0.2) is 45.3 Å². The summed E-state index contributed by atoms with van der Waals surface area (Å²) < 4.78 is 6.15. The highest BCUT2D eigenvalue weighted by molar-refractivity contribution is 5.02. The van der Waals surface area contributed by atoms with Crippen LogP contribution in [0.4, 0.5) is 0 Å². The minimum Gasteiger partial charge on any atom is -0.365 e. The van der Waals surface area contributed by atoms with E-state index in [1.54, 1.807) is 0 Å². The van der Waals surface area contributed by atoms with Crippen molar-refractivity contribution < 1.29 is 4.74 Å². The molecule has 98 valence electrons. The van der Waals surface area contributed by atoms with E-state index in [1.165, 1.54) is 25.8 Å². The first-order valence-electron chi connectivity index (χ1n) is 7.08. The van der Waals surface area contributed by atoms with Gasteiger partial charge in [-0.1, -0.05) is 6.42 Å². The van der Waals surface area contributed by atoms with Gasteiger partial charge < -0.3 is 4.74 Å². The van der Waals surface area contributed by atoms with Crippen LogP contribution in [0.25, 0.3) is 0 Å². The second-order valence-corrected chi connectivity index (χ2v) is 5.98. The number of hydrogen-bond acceptors (Lipinski definition) is 4. The van der Waals surface area contributed by atoms with E-state index in [1.807, 2.05) is 6.92 Å². The first-order chi connectivity index (χ1) is 8.79. The van der Waals surface area contributed by atoms with Gasteiger partial charge in [0.05, 0.1) is 6.10 Å². The summed E-state index contributed by atoms with van der Waals surface area (Å²) in [6, 6.07) is 0.850. The molecule has 18 heavy (non-hydrogen) atoms. The van der Waals surface area contributed by atoms with Gasteiger partial charge in [0.1, 0.15) is 11.9 Å². The normalized spacial score (nSPS) is 36.8. The second kappa shape index (κ2) is 4.03. The fraction of sp³-hybridized carbons (Fsp3) is 0.846.